The van der Waals surface area contributed by atoms with E-state index in [-0.39, 0.29) is 64.2 Å². The maximum absolute atomic E-state index is 13.4. The van der Waals surface area contributed by atoms with Crippen LogP contribution in [0.5, 0.6) is 0 Å². The minimum Gasteiger partial charge on any atom is -0.481 e. The molecule has 0 radical (unpaired) electrons. The van der Waals surface area contributed by atoms with Crippen molar-refractivity contribution >= 4 is 78.8 Å². The van der Waals surface area contributed by atoms with E-state index < -0.39 is 67.0 Å². The van der Waals surface area contributed by atoms with Gasteiger partial charge in [-0.25, -0.2) is 26.4 Å². The number of amides is 5. The molecular formula is C56H74Cl2N6O13S2. The van der Waals surface area contributed by atoms with Crippen molar-refractivity contribution in [1.29, 1.82) is 0 Å². The quantitative estimate of drug-likeness (QED) is 0.0555. The molecule has 4 atom stereocenters. The normalized spacial score (nSPS) is 16.1. The van der Waals surface area contributed by atoms with Gasteiger partial charge < -0.3 is 46.1 Å². The maximum atomic E-state index is 13.4. The third kappa shape index (κ3) is 23.9. The highest BCUT2D eigenvalue weighted by atomic mass is 35.5. The smallest absolute Gasteiger partial charge is 0.407 e. The second-order valence-electron chi connectivity index (χ2n) is 21.3. The number of carbonyl (C=O) groups excluding carboxylic acids is 5. The Labute approximate surface area is 474 Å². The Morgan fingerprint density at radius 2 is 1.10 bits per heavy atom. The largest absolute Gasteiger partial charge is 0.481 e. The molecule has 6 N–H and O–H groups in total. The van der Waals surface area contributed by atoms with E-state index in [1.165, 1.54) is 24.3 Å². The van der Waals surface area contributed by atoms with Gasteiger partial charge in [0.2, 0.25) is 5.91 Å². The summed E-state index contributed by atoms with van der Waals surface area (Å²) in [5.74, 6) is -2.00. The summed E-state index contributed by atoms with van der Waals surface area (Å²) in [6.07, 6.45) is 5.12. The topological polar surface area (TPSA) is 273 Å². The molecule has 5 amide bonds. The Balaban J connectivity index is 0.000000282. The van der Waals surface area contributed by atoms with Crippen LogP contribution in [0.15, 0.2) is 107 Å². The van der Waals surface area contributed by atoms with Crippen LogP contribution in [0, 0.1) is 0 Å². The molecule has 79 heavy (non-hydrogen) atoms. The number of nitrogens with one attached hydrogen (secondary N) is 5. The van der Waals surface area contributed by atoms with Gasteiger partial charge in [0.25, 0.3) is 11.8 Å². The molecule has 0 aromatic heterocycles. The molecule has 2 aliphatic rings. The zero-order valence-electron chi connectivity index (χ0n) is 45.9. The Morgan fingerprint density at radius 1 is 0.646 bits per heavy atom. The van der Waals surface area contributed by atoms with Crippen LogP contribution < -0.4 is 26.6 Å². The molecule has 2 saturated heterocycles. The fraction of sp³-hybridized carbons (Fsp3) is 0.464. The molecule has 4 aromatic rings. The number of rotatable bonds is 18. The van der Waals surface area contributed by atoms with Crippen molar-refractivity contribution in [2.45, 2.75) is 138 Å². The number of benzene rings is 4. The molecule has 2 aliphatic heterocycles. The van der Waals surface area contributed by atoms with Gasteiger partial charge in [0, 0.05) is 72.8 Å². The van der Waals surface area contributed by atoms with Crippen LogP contribution in [0.4, 0.5) is 9.59 Å². The number of ether oxygens (including phenoxy) is 2. The number of hydrogen-bond acceptors (Lipinski definition) is 13. The molecule has 4 aromatic carbocycles. The highest BCUT2D eigenvalue weighted by molar-refractivity contribution is 7.91. The summed E-state index contributed by atoms with van der Waals surface area (Å²) in [6.45, 7) is 12.7. The summed E-state index contributed by atoms with van der Waals surface area (Å²) in [5.41, 5.74) is 0.675. The Kier molecular flexibility index (Phi) is 24.6. The van der Waals surface area contributed by atoms with E-state index >= 15 is 0 Å². The van der Waals surface area contributed by atoms with E-state index in [2.05, 4.69) is 26.6 Å². The lowest BCUT2D eigenvalue weighted by atomic mass is 10.0. The van der Waals surface area contributed by atoms with E-state index in [4.69, 9.17) is 37.8 Å². The average molecular weight is 1170 g/mol. The molecule has 2 heterocycles. The first kappa shape index (κ1) is 65.3. The number of likely N-dealkylation sites (tertiary alicyclic amines) is 1. The first-order chi connectivity index (χ1) is 36.9. The van der Waals surface area contributed by atoms with Gasteiger partial charge in [-0.1, -0.05) is 71.7 Å². The SMILES string of the molecule is CC(C)(C)OC(=O)N[C@@H](CC(=O)N1CCC[C@H]1CNC(=O)c1ccccc1S(C)(=O)=O)Cc1cccc(Cl)c1.CC(C)(C)OC(=O)N[C@@H](CC(=O)O)Cc1cccc(Cl)c1.CS(=O)(=O)c1ccccc1C(=O)NC[C@@H]1CCCN1. The van der Waals surface area contributed by atoms with Crippen LogP contribution >= 0.6 is 23.2 Å². The van der Waals surface area contributed by atoms with E-state index in [1.807, 2.05) is 18.2 Å². The van der Waals surface area contributed by atoms with Crippen molar-refractivity contribution in [3.05, 3.63) is 129 Å². The van der Waals surface area contributed by atoms with Crippen LogP contribution in [-0.4, -0.2) is 137 Å². The van der Waals surface area contributed by atoms with E-state index in [0.29, 0.717) is 42.4 Å². The molecule has 0 unspecified atom stereocenters. The molecule has 432 valence electrons. The van der Waals surface area contributed by atoms with Crippen LogP contribution in [0.25, 0.3) is 0 Å². The Morgan fingerprint density at radius 3 is 1.52 bits per heavy atom. The number of alkyl carbamates (subject to hydrolysis) is 2. The number of nitrogens with zero attached hydrogens (tertiary/aromatic N) is 1. The standard InChI is InChI=1S/C28H36ClN3O6S.C15H20ClNO4.C13H18N2O3S/c1-28(2,3)38-27(35)31-21(16-19-9-7-10-20(29)15-19)17-25(33)32-14-8-11-22(32)18-30-26(34)23-12-5-6-13-24(23)39(4,36)37;1-15(2,3)21-14(20)17-12(9-13(18)19)8-10-5-4-6-11(16)7-10;1-19(17,18)12-7-3-2-6-11(12)13(16)15-9-10-5-4-8-14-10/h5-7,9-10,12-13,15,21-22H,8,11,14,16-18H2,1-4H3,(H,30,34)(H,31,35);4-7,12H,8-9H2,1-3H3,(H,17,20)(H,18,19);2-3,6-7,10,14H,4-5,8-9H2,1H3,(H,15,16)/t21-,22+;12-;10-/m110/s1. The highest BCUT2D eigenvalue weighted by Crippen LogP contribution is 2.23. The highest BCUT2D eigenvalue weighted by Gasteiger charge is 2.32. The summed E-state index contributed by atoms with van der Waals surface area (Å²) in [7, 11) is -6.97. The summed E-state index contributed by atoms with van der Waals surface area (Å²) < 4.78 is 58.0. The van der Waals surface area contributed by atoms with Crippen molar-refractivity contribution in [3.8, 4) is 0 Å². The van der Waals surface area contributed by atoms with Gasteiger partial charge in [-0.3, -0.25) is 19.2 Å². The van der Waals surface area contributed by atoms with Gasteiger partial charge in [0.1, 0.15) is 11.2 Å². The Hall–Kier alpha value is -6.26. The summed E-state index contributed by atoms with van der Waals surface area (Å²) in [6, 6.07) is 25.6. The number of carboxylic acid groups (broad SMARTS) is 1. The molecule has 2 fully saturated rings. The lowest BCUT2D eigenvalue weighted by Crippen LogP contribution is -2.47. The molecule has 19 nitrogen and oxygen atoms in total. The number of hydrogen-bond donors (Lipinski definition) is 6. The van der Waals surface area contributed by atoms with Crippen LogP contribution in [0.3, 0.4) is 0 Å². The number of carbonyl (C=O) groups is 6. The van der Waals surface area contributed by atoms with E-state index in [0.717, 1.165) is 49.4 Å². The fourth-order valence-corrected chi connectivity index (χ4v) is 10.8. The van der Waals surface area contributed by atoms with Gasteiger partial charge in [0.15, 0.2) is 19.7 Å². The minimum atomic E-state index is -3.58. The third-order valence-electron chi connectivity index (χ3n) is 12.0. The number of halogens is 2. The minimum absolute atomic E-state index is 0.0348. The second-order valence-corrected chi connectivity index (χ2v) is 26.1. The van der Waals surface area contributed by atoms with E-state index in [9.17, 15) is 45.6 Å². The van der Waals surface area contributed by atoms with Crippen molar-refractivity contribution in [1.82, 2.24) is 31.5 Å². The summed E-state index contributed by atoms with van der Waals surface area (Å²) in [4.78, 5) is 75.3. The number of aliphatic carboxylic acids is 1. The predicted molar refractivity (Wildman–Crippen MR) is 303 cm³/mol. The number of carboxylic acids is 1. The molecule has 0 saturated carbocycles. The molecule has 23 heteroatoms. The van der Waals surface area contributed by atoms with Gasteiger partial charge in [-0.2, -0.15) is 0 Å². The predicted octanol–water partition coefficient (Wildman–Crippen LogP) is 7.81. The third-order valence-corrected chi connectivity index (χ3v) is 14.7. The van der Waals surface area contributed by atoms with E-state index in [1.54, 1.807) is 101 Å². The second kappa shape index (κ2) is 29.8. The summed E-state index contributed by atoms with van der Waals surface area (Å²) >= 11 is 12.0. The van der Waals surface area contributed by atoms with Crippen molar-refractivity contribution in [3.63, 3.8) is 0 Å². The first-order valence-electron chi connectivity index (χ1n) is 25.7. The average Bonchev–Trinajstić information content (AvgIpc) is 4.06. The van der Waals surface area contributed by atoms with Gasteiger partial charge in [-0.05, 0) is 146 Å². The molecule has 6 rings (SSSR count). The van der Waals surface area contributed by atoms with Crippen molar-refractivity contribution in [2.24, 2.45) is 0 Å². The lowest BCUT2D eigenvalue weighted by Gasteiger charge is -2.28. The number of sulfone groups is 2. The van der Waals surface area contributed by atoms with Crippen LogP contribution in [-0.2, 0) is 51.6 Å². The summed E-state index contributed by atoms with van der Waals surface area (Å²) in [5, 5.41) is 24.3. The van der Waals surface area contributed by atoms with Gasteiger partial charge >= 0.3 is 18.2 Å². The van der Waals surface area contributed by atoms with Crippen molar-refractivity contribution in [2.75, 3.05) is 38.7 Å². The fourth-order valence-electron chi connectivity index (χ4n) is 8.61. The molecule has 0 bridgehead atoms. The molecular weight excluding hydrogens is 1100 g/mol. The van der Waals surface area contributed by atoms with Crippen LogP contribution in [0.2, 0.25) is 10.0 Å². The van der Waals surface area contributed by atoms with Crippen molar-refractivity contribution < 1.29 is 60.2 Å². The molecule has 0 aliphatic carbocycles. The lowest BCUT2D eigenvalue weighted by molar-refractivity contribution is -0.137. The van der Waals surface area contributed by atoms with Crippen LogP contribution in [0.1, 0.15) is 112 Å². The maximum Gasteiger partial charge on any atom is 0.407 e. The molecule has 0 spiro atoms. The Bertz CT molecular complexity index is 2980. The first-order valence-corrected chi connectivity index (χ1v) is 30.3. The van der Waals surface area contributed by atoms with Gasteiger partial charge in [-0.15, -0.1) is 0 Å². The zero-order valence-corrected chi connectivity index (χ0v) is 49.0. The zero-order chi connectivity index (χ0) is 58.7. The monoisotopic (exact) mass is 1170 g/mol. The van der Waals surface area contributed by atoms with Gasteiger partial charge in [0.05, 0.1) is 27.3 Å².